The van der Waals surface area contributed by atoms with Gasteiger partial charge in [-0.15, -0.1) is 0 Å². The van der Waals surface area contributed by atoms with Crippen molar-refractivity contribution in [1.29, 1.82) is 0 Å². The molecule has 0 aromatic carbocycles. The lowest BCUT2D eigenvalue weighted by Gasteiger charge is -2.36. The normalized spacial score (nSPS) is 27.8. The van der Waals surface area contributed by atoms with Crippen LogP contribution in [0.4, 0.5) is 0 Å². The lowest BCUT2D eigenvalue weighted by atomic mass is 10.1. The van der Waals surface area contributed by atoms with Gasteiger partial charge in [0.2, 0.25) is 0 Å². The van der Waals surface area contributed by atoms with Gasteiger partial charge in [-0.2, -0.15) is 28.6 Å². The van der Waals surface area contributed by atoms with Crippen LogP contribution in [-0.2, 0) is 13.0 Å². The molecule has 1 aromatic rings. The van der Waals surface area contributed by atoms with Crippen LogP contribution in [0.3, 0.4) is 0 Å². The average molecular weight is 328 g/mol. The summed E-state index contributed by atoms with van der Waals surface area (Å²) in [6.07, 6.45) is 1.09. The first-order valence-corrected chi connectivity index (χ1v) is 10.1. The molecule has 2 heterocycles. The molecule has 0 bridgehead atoms. The molecule has 1 aliphatic rings. The second-order valence-corrected chi connectivity index (χ2v) is 8.91. The van der Waals surface area contributed by atoms with Crippen LogP contribution in [-0.4, -0.2) is 43.9 Å². The molecule has 1 saturated heterocycles. The monoisotopic (exact) mass is 327 g/mol. The van der Waals surface area contributed by atoms with E-state index in [1.165, 1.54) is 11.4 Å². The SMILES string of the molecule is CCNC(Cc1cc(C)nn1CC)C1CSC(C)C(C)S1. The molecule has 0 spiro atoms. The Labute approximate surface area is 138 Å². The largest absolute Gasteiger partial charge is 0.313 e. The van der Waals surface area contributed by atoms with E-state index in [4.69, 9.17) is 0 Å². The summed E-state index contributed by atoms with van der Waals surface area (Å²) in [5.74, 6) is 1.26. The van der Waals surface area contributed by atoms with E-state index in [2.05, 4.69) is 79.3 Å². The number of hydrogen-bond acceptors (Lipinski definition) is 4. The molecular weight excluding hydrogens is 298 g/mol. The molecule has 1 N–H and O–H groups in total. The fourth-order valence-electron chi connectivity index (χ4n) is 2.88. The fraction of sp³-hybridized carbons (Fsp3) is 0.812. The summed E-state index contributed by atoms with van der Waals surface area (Å²) < 4.78 is 2.16. The molecule has 1 aromatic heterocycles. The first-order chi connectivity index (χ1) is 10.0. The van der Waals surface area contributed by atoms with Crippen molar-refractivity contribution in [2.75, 3.05) is 12.3 Å². The Morgan fingerprint density at radius 2 is 2.14 bits per heavy atom. The molecule has 1 aliphatic heterocycles. The molecule has 0 aliphatic carbocycles. The summed E-state index contributed by atoms with van der Waals surface area (Å²) in [5.41, 5.74) is 2.51. The molecular formula is C16H29N3S2. The standard InChI is InChI=1S/C16H29N3S2/c1-6-17-15(16-10-20-12(4)13(5)21-16)9-14-8-11(3)18-19(14)7-2/h8,12-13,15-17H,6-7,9-10H2,1-5H3. The van der Waals surface area contributed by atoms with E-state index < -0.39 is 0 Å². The van der Waals surface area contributed by atoms with Gasteiger partial charge in [-0.05, 0) is 26.5 Å². The van der Waals surface area contributed by atoms with Crippen LogP contribution in [0.15, 0.2) is 6.07 Å². The number of nitrogens with one attached hydrogen (secondary N) is 1. The Morgan fingerprint density at radius 3 is 2.76 bits per heavy atom. The molecule has 0 amide bonds. The Morgan fingerprint density at radius 1 is 1.38 bits per heavy atom. The van der Waals surface area contributed by atoms with Crippen LogP contribution in [0.1, 0.15) is 39.1 Å². The second kappa shape index (κ2) is 7.93. The number of hydrogen-bond donors (Lipinski definition) is 1. The van der Waals surface area contributed by atoms with E-state index in [9.17, 15) is 0 Å². The summed E-state index contributed by atoms with van der Waals surface area (Å²) >= 11 is 4.30. The van der Waals surface area contributed by atoms with Crippen LogP contribution in [0.5, 0.6) is 0 Å². The zero-order valence-corrected chi connectivity index (χ0v) is 15.6. The molecule has 120 valence electrons. The van der Waals surface area contributed by atoms with Crippen LogP contribution < -0.4 is 5.32 Å². The van der Waals surface area contributed by atoms with Gasteiger partial charge < -0.3 is 5.32 Å². The van der Waals surface area contributed by atoms with E-state index >= 15 is 0 Å². The maximum atomic E-state index is 4.59. The van der Waals surface area contributed by atoms with Crippen molar-refractivity contribution in [2.45, 2.75) is 69.4 Å². The van der Waals surface area contributed by atoms with E-state index in [1.807, 2.05) is 0 Å². The minimum absolute atomic E-state index is 0.545. The number of likely N-dealkylation sites (N-methyl/N-ethyl adjacent to an activating group) is 1. The van der Waals surface area contributed by atoms with E-state index in [0.29, 0.717) is 11.3 Å². The third kappa shape index (κ3) is 4.42. The van der Waals surface area contributed by atoms with Gasteiger partial charge in [0, 0.05) is 46.2 Å². The summed E-state index contributed by atoms with van der Waals surface area (Å²) in [7, 11) is 0. The van der Waals surface area contributed by atoms with Gasteiger partial charge in [-0.1, -0.05) is 20.8 Å². The van der Waals surface area contributed by atoms with Crippen molar-refractivity contribution in [2.24, 2.45) is 0 Å². The van der Waals surface area contributed by atoms with Crippen LogP contribution in [0.2, 0.25) is 0 Å². The summed E-state index contributed by atoms with van der Waals surface area (Å²) in [4.78, 5) is 0. The quantitative estimate of drug-likeness (QED) is 0.868. The smallest absolute Gasteiger partial charge is 0.0596 e. The van der Waals surface area contributed by atoms with E-state index in [1.54, 1.807) is 0 Å². The van der Waals surface area contributed by atoms with Crippen molar-refractivity contribution < 1.29 is 0 Å². The maximum absolute atomic E-state index is 4.59. The minimum atomic E-state index is 0.545. The van der Waals surface area contributed by atoms with Gasteiger partial charge in [0.05, 0.1) is 5.69 Å². The van der Waals surface area contributed by atoms with Gasteiger partial charge in [0.1, 0.15) is 0 Å². The molecule has 3 nitrogen and oxygen atoms in total. The molecule has 0 radical (unpaired) electrons. The Kier molecular flexibility index (Phi) is 6.51. The van der Waals surface area contributed by atoms with Gasteiger partial charge >= 0.3 is 0 Å². The minimum Gasteiger partial charge on any atom is -0.313 e. The first-order valence-electron chi connectivity index (χ1n) is 8.08. The predicted octanol–water partition coefficient (Wildman–Crippen LogP) is 3.36. The molecule has 0 saturated carbocycles. The van der Waals surface area contributed by atoms with Crippen molar-refractivity contribution >= 4 is 23.5 Å². The van der Waals surface area contributed by atoms with Gasteiger partial charge in [0.15, 0.2) is 0 Å². The number of aromatic nitrogens is 2. The van der Waals surface area contributed by atoms with Crippen LogP contribution in [0, 0.1) is 6.92 Å². The Hall–Kier alpha value is -0.130. The highest BCUT2D eigenvalue weighted by atomic mass is 32.2. The van der Waals surface area contributed by atoms with Crippen molar-refractivity contribution in [3.8, 4) is 0 Å². The summed E-state index contributed by atoms with van der Waals surface area (Å²) in [6, 6.07) is 2.80. The van der Waals surface area contributed by atoms with Crippen molar-refractivity contribution in [3.63, 3.8) is 0 Å². The highest BCUT2D eigenvalue weighted by Crippen LogP contribution is 2.37. The van der Waals surface area contributed by atoms with Crippen LogP contribution >= 0.6 is 23.5 Å². The summed E-state index contributed by atoms with van der Waals surface area (Å²) in [6.45, 7) is 13.2. The molecule has 2 rings (SSSR count). The van der Waals surface area contributed by atoms with Crippen molar-refractivity contribution in [3.05, 3.63) is 17.5 Å². The average Bonchev–Trinajstić information content (AvgIpc) is 2.81. The number of aryl methyl sites for hydroxylation is 2. The molecule has 4 atom stereocenters. The molecule has 21 heavy (non-hydrogen) atoms. The Balaban J connectivity index is 2.08. The maximum Gasteiger partial charge on any atom is 0.0596 e. The summed E-state index contributed by atoms with van der Waals surface area (Å²) in [5, 5.41) is 10.5. The predicted molar refractivity (Wildman–Crippen MR) is 96.6 cm³/mol. The van der Waals surface area contributed by atoms with E-state index in [-0.39, 0.29) is 0 Å². The van der Waals surface area contributed by atoms with E-state index in [0.717, 1.165) is 35.7 Å². The number of rotatable bonds is 6. The molecule has 5 heteroatoms. The fourth-order valence-corrected chi connectivity index (χ4v) is 6.01. The lowest BCUT2D eigenvalue weighted by molar-refractivity contribution is 0.495. The zero-order valence-electron chi connectivity index (χ0n) is 13.9. The van der Waals surface area contributed by atoms with Gasteiger partial charge in [-0.3, -0.25) is 4.68 Å². The molecule has 4 unspecified atom stereocenters. The highest BCUT2D eigenvalue weighted by Gasteiger charge is 2.31. The highest BCUT2D eigenvalue weighted by molar-refractivity contribution is 8.07. The van der Waals surface area contributed by atoms with Crippen molar-refractivity contribution in [1.82, 2.24) is 15.1 Å². The Bertz CT molecular complexity index is 447. The second-order valence-electron chi connectivity index (χ2n) is 5.88. The van der Waals surface area contributed by atoms with Crippen LogP contribution in [0.25, 0.3) is 0 Å². The zero-order chi connectivity index (χ0) is 15.4. The third-order valence-electron chi connectivity index (χ3n) is 4.20. The topological polar surface area (TPSA) is 29.9 Å². The van der Waals surface area contributed by atoms with Gasteiger partial charge in [0.25, 0.3) is 0 Å². The number of thioether (sulfide) groups is 2. The molecule has 1 fully saturated rings. The van der Waals surface area contributed by atoms with Gasteiger partial charge in [-0.25, -0.2) is 0 Å². The lowest BCUT2D eigenvalue weighted by Crippen LogP contribution is -2.45. The first kappa shape index (κ1) is 17.2. The number of nitrogens with zero attached hydrogens (tertiary/aromatic N) is 2. The third-order valence-corrected chi connectivity index (χ3v) is 7.75.